The Hall–Kier alpha value is -0.830. The lowest BCUT2D eigenvalue weighted by Crippen LogP contribution is -2.18. The van der Waals surface area contributed by atoms with Gasteiger partial charge in [0, 0.05) is 13.5 Å². The van der Waals surface area contributed by atoms with Crippen LogP contribution < -0.4 is 0 Å². The average molecular weight is 172 g/mol. The number of ether oxygens (including phenoxy) is 2. The maximum Gasteiger partial charge on any atom is 0.332 e. The zero-order valence-electron chi connectivity index (χ0n) is 7.92. The molecule has 0 aromatic carbocycles. The Morgan fingerprint density at radius 2 is 2.17 bits per heavy atom. The molecule has 0 N–H and O–H groups in total. The molecule has 0 aromatic rings. The second kappa shape index (κ2) is 5.77. The van der Waals surface area contributed by atoms with E-state index in [1.54, 1.807) is 0 Å². The molecule has 1 unspecified atom stereocenters. The van der Waals surface area contributed by atoms with Crippen LogP contribution in [0, 0.1) is 0 Å². The molecule has 0 aromatic heterocycles. The number of rotatable bonds is 5. The van der Waals surface area contributed by atoms with Crippen LogP contribution in [0.2, 0.25) is 0 Å². The Kier molecular flexibility index (Phi) is 5.37. The summed E-state index contributed by atoms with van der Waals surface area (Å²) in [6, 6.07) is 0. The van der Waals surface area contributed by atoms with Crippen molar-refractivity contribution in [1.82, 2.24) is 0 Å². The predicted octanol–water partition coefficient (Wildman–Crippen LogP) is 1.53. The van der Waals surface area contributed by atoms with Crippen molar-refractivity contribution in [1.29, 1.82) is 0 Å². The molecule has 0 aliphatic heterocycles. The summed E-state index contributed by atoms with van der Waals surface area (Å²) in [5.74, 6) is -0.328. The zero-order chi connectivity index (χ0) is 9.56. The topological polar surface area (TPSA) is 35.5 Å². The van der Waals surface area contributed by atoms with Gasteiger partial charge in [-0.05, 0) is 13.8 Å². The van der Waals surface area contributed by atoms with E-state index in [4.69, 9.17) is 4.74 Å². The van der Waals surface area contributed by atoms with E-state index in [0.29, 0.717) is 6.42 Å². The van der Waals surface area contributed by atoms with Gasteiger partial charge >= 0.3 is 5.97 Å². The highest BCUT2D eigenvalue weighted by Crippen LogP contribution is 2.05. The summed E-state index contributed by atoms with van der Waals surface area (Å²) in [7, 11) is 1.46. The Labute approximate surface area is 73.4 Å². The quantitative estimate of drug-likeness (QED) is 0.466. The second-order valence-electron chi connectivity index (χ2n) is 2.89. The molecule has 0 aliphatic carbocycles. The predicted molar refractivity (Wildman–Crippen MR) is 46.9 cm³/mol. The van der Waals surface area contributed by atoms with Crippen molar-refractivity contribution in [3.8, 4) is 0 Å². The van der Waals surface area contributed by atoms with Gasteiger partial charge in [0.15, 0.2) is 0 Å². The van der Waals surface area contributed by atoms with E-state index < -0.39 is 0 Å². The summed E-state index contributed by atoms with van der Waals surface area (Å²) in [6.45, 7) is 7.48. The molecule has 0 amide bonds. The normalized spacial score (nSPS) is 12.2. The van der Waals surface area contributed by atoms with E-state index in [-0.39, 0.29) is 18.7 Å². The molecule has 0 radical (unpaired) electrons. The van der Waals surface area contributed by atoms with Gasteiger partial charge in [-0.15, -0.1) is 6.58 Å². The fourth-order valence-electron chi connectivity index (χ4n) is 0.909. The van der Waals surface area contributed by atoms with Crippen molar-refractivity contribution in [2.45, 2.75) is 26.4 Å². The van der Waals surface area contributed by atoms with Gasteiger partial charge in [0.05, 0.1) is 0 Å². The first-order valence-corrected chi connectivity index (χ1v) is 3.89. The van der Waals surface area contributed by atoms with E-state index in [1.807, 2.05) is 13.8 Å². The summed E-state index contributed by atoms with van der Waals surface area (Å²) in [6.07, 6.45) is 0.597. The van der Waals surface area contributed by atoms with E-state index in [2.05, 4.69) is 11.3 Å². The summed E-state index contributed by atoms with van der Waals surface area (Å²) < 4.78 is 9.59. The molecule has 3 nitrogen and oxygen atoms in total. The molecule has 0 heterocycles. The summed E-state index contributed by atoms with van der Waals surface area (Å²) in [5.41, 5.74) is 1.01. The Balaban J connectivity index is 3.61. The van der Waals surface area contributed by atoms with Crippen LogP contribution in [0.5, 0.6) is 0 Å². The maximum absolute atomic E-state index is 10.9. The van der Waals surface area contributed by atoms with Gasteiger partial charge in [-0.3, -0.25) is 0 Å². The van der Waals surface area contributed by atoms with Gasteiger partial charge in [0.2, 0.25) is 0 Å². The highest BCUT2D eigenvalue weighted by atomic mass is 16.6. The third-order valence-corrected chi connectivity index (χ3v) is 1.23. The minimum Gasteiger partial charge on any atom is -0.461 e. The standard InChI is InChI=1S/C9H16O3/c1-7(2)5-8(3)12-9(10)6-11-4/h8H,1,5-6H2,2-4H3. The molecule has 0 aliphatic rings. The molecular formula is C9H16O3. The molecule has 0 saturated heterocycles. The van der Waals surface area contributed by atoms with Crippen molar-refractivity contribution in [3.05, 3.63) is 12.2 Å². The molecule has 0 rings (SSSR count). The summed E-state index contributed by atoms with van der Waals surface area (Å²) >= 11 is 0. The highest BCUT2D eigenvalue weighted by molar-refractivity contribution is 5.70. The summed E-state index contributed by atoms with van der Waals surface area (Å²) in [5, 5.41) is 0. The molecule has 0 spiro atoms. The fraction of sp³-hybridized carbons (Fsp3) is 0.667. The van der Waals surface area contributed by atoms with Gasteiger partial charge in [0.1, 0.15) is 12.7 Å². The van der Waals surface area contributed by atoms with Crippen LogP contribution >= 0.6 is 0 Å². The number of esters is 1. The minimum atomic E-state index is -0.328. The fourth-order valence-corrected chi connectivity index (χ4v) is 0.909. The van der Waals surface area contributed by atoms with Crippen LogP contribution in [-0.4, -0.2) is 25.8 Å². The first-order valence-electron chi connectivity index (χ1n) is 3.89. The van der Waals surface area contributed by atoms with Gasteiger partial charge in [0.25, 0.3) is 0 Å². The van der Waals surface area contributed by atoms with Crippen molar-refractivity contribution >= 4 is 5.97 Å². The van der Waals surface area contributed by atoms with Crippen molar-refractivity contribution < 1.29 is 14.3 Å². The highest BCUT2D eigenvalue weighted by Gasteiger charge is 2.08. The summed E-state index contributed by atoms with van der Waals surface area (Å²) in [4.78, 5) is 10.9. The number of methoxy groups -OCH3 is 1. The van der Waals surface area contributed by atoms with Gasteiger partial charge in [-0.2, -0.15) is 0 Å². The third kappa shape index (κ3) is 5.92. The SMILES string of the molecule is C=C(C)CC(C)OC(=O)COC. The Morgan fingerprint density at radius 1 is 1.58 bits per heavy atom. The molecule has 0 fully saturated rings. The Bertz CT molecular complexity index is 163. The van der Waals surface area contributed by atoms with E-state index in [9.17, 15) is 4.79 Å². The molecule has 3 heteroatoms. The second-order valence-corrected chi connectivity index (χ2v) is 2.89. The largest absolute Gasteiger partial charge is 0.461 e. The molecule has 0 saturated carbocycles. The van der Waals surface area contributed by atoms with Crippen LogP contribution in [0.15, 0.2) is 12.2 Å². The number of carbonyl (C=O) groups is 1. The van der Waals surface area contributed by atoms with Crippen LogP contribution in [-0.2, 0) is 14.3 Å². The Morgan fingerprint density at radius 3 is 2.58 bits per heavy atom. The average Bonchev–Trinajstić information content (AvgIpc) is 1.84. The van der Waals surface area contributed by atoms with E-state index in [0.717, 1.165) is 5.57 Å². The number of carbonyl (C=O) groups excluding carboxylic acids is 1. The number of hydrogen-bond donors (Lipinski definition) is 0. The van der Waals surface area contributed by atoms with Gasteiger partial charge in [-0.1, -0.05) is 5.57 Å². The molecule has 1 atom stereocenters. The van der Waals surface area contributed by atoms with Crippen molar-refractivity contribution in [2.75, 3.05) is 13.7 Å². The van der Waals surface area contributed by atoms with Crippen LogP contribution in [0.1, 0.15) is 20.3 Å². The van der Waals surface area contributed by atoms with Crippen LogP contribution in [0.4, 0.5) is 0 Å². The van der Waals surface area contributed by atoms with Crippen LogP contribution in [0.3, 0.4) is 0 Å². The van der Waals surface area contributed by atoms with Crippen LogP contribution in [0.25, 0.3) is 0 Å². The molecule has 0 bridgehead atoms. The smallest absolute Gasteiger partial charge is 0.332 e. The van der Waals surface area contributed by atoms with Crippen molar-refractivity contribution in [3.63, 3.8) is 0 Å². The first-order chi connectivity index (χ1) is 5.56. The lowest BCUT2D eigenvalue weighted by atomic mass is 10.2. The minimum absolute atomic E-state index is 0.0144. The molecule has 70 valence electrons. The molecule has 12 heavy (non-hydrogen) atoms. The molecular weight excluding hydrogens is 156 g/mol. The maximum atomic E-state index is 10.9. The monoisotopic (exact) mass is 172 g/mol. The van der Waals surface area contributed by atoms with Crippen molar-refractivity contribution in [2.24, 2.45) is 0 Å². The van der Waals surface area contributed by atoms with E-state index >= 15 is 0 Å². The zero-order valence-corrected chi connectivity index (χ0v) is 7.92. The van der Waals surface area contributed by atoms with Gasteiger partial charge < -0.3 is 9.47 Å². The lowest BCUT2D eigenvalue weighted by molar-refractivity contribution is -0.152. The van der Waals surface area contributed by atoms with E-state index in [1.165, 1.54) is 7.11 Å². The lowest BCUT2D eigenvalue weighted by Gasteiger charge is -2.12. The first kappa shape index (κ1) is 11.2. The third-order valence-electron chi connectivity index (χ3n) is 1.23. The number of hydrogen-bond acceptors (Lipinski definition) is 3. The van der Waals surface area contributed by atoms with Gasteiger partial charge in [-0.25, -0.2) is 4.79 Å².